The van der Waals surface area contributed by atoms with Gasteiger partial charge in [0.15, 0.2) is 0 Å². The van der Waals surface area contributed by atoms with Crippen molar-refractivity contribution in [3.05, 3.63) is 59.0 Å². The molecule has 0 radical (unpaired) electrons. The second-order valence-corrected chi connectivity index (χ2v) is 8.24. The van der Waals surface area contributed by atoms with Gasteiger partial charge in [-0.3, -0.25) is 9.52 Å². The number of rotatable bonds is 6. The van der Waals surface area contributed by atoms with E-state index in [-0.39, 0.29) is 29.2 Å². The van der Waals surface area contributed by atoms with Crippen LogP contribution in [-0.2, 0) is 27.0 Å². The Morgan fingerprint density at radius 3 is 2.68 bits per heavy atom. The van der Waals surface area contributed by atoms with Crippen LogP contribution in [0.1, 0.15) is 11.1 Å². The van der Waals surface area contributed by atoms with Crippen LogP contribution in [0.4, 0.5) is 5.69 Å². The molecule has 0 amide bonds. The van der Waals surface area contributed by atoms with E-state index in [4.69, 9.17) is 5.11 Å². The molecule has 0 saturated carbocycles. The second kappa shape index (κ2) is 6.73. The van der Waals surface area contributed by atoms with E-state index in [1.807, 2.05) is 23.6 Å². The smallest absolute Gasteiger partial charge is 0.307 e. The topological polar surface area (TPSA) is 104 Å². The number of carbonyl (C=O) groups is 1. The number of aromatic hydroxyl groups is 1. The Labute approximate surface area is 148 Å². The number of aliphatic carboxylic acids is 1. The highest BCUT2D eigenvalue weighted by molar-refractivity contribution is 7.91. The average Bonchev–Trinajstić information content (AvgIpc) is 2.96. The third-order valence-corrected chi connectivity index (χ3v) is 5.72. The molecule has 0 fully saturated rings. The van der Waals surface area contributed by atoms with Crippen molar-refractivity contribution >= 4 is 43.1 Å². The van der Waals surface area contributed by atoms with E-state index in [1.54, 1.807) is 17.4 Å². The number of fused-ring (bicyclic) bond motifs is 1. The van der Waals surface area contributed by atoms with Gasteiger partial charge in [0.25, 0.3) is 0 Å². The Balaban J connectivity index is 1.85. The Hall–Kier alpha value is -2.58. The van der Waals surface area contributed by atoms with E-state index in [9.17, 15) is 18.3 Å². The van der Waals surface area contributed by atoms with Crippen LogP contribution in [-0.4, -0.2) is 24.6 Å². The molecule has 0 atom stereocenters. The number of hydrogen-bond acceptors (Lipinski definition) is 5. The highest BCUT2D eigenvalue weighted by atomic mass is 32.2. The highest BCUT2D eigenvalue weighted by Gasteiger charge is 2.16. The van der Waals surface area contributed by atoms with E-state index in [0.29, 0.717) is 5.56 Å². The van der Waals surface area contributed by atoms with Gasteiger partial charge in [-0.2, -0.15) is 0 Å². The fourth-order valence-corrected chi connectivity index (χ4v) is 4.49. The van der Waals surface area contributed by atoms with Crippen LogP contribution in [0.15, 0.2) is 47.8 Å². The maximum atomic E-state index is 12.5. The molecule has 130 valence electrons. The van der Waals surface area contributed by atoms with Crippen LogP contribution in [0.3, 0.4) is 0 Å². The summed E-state index contributed by atoms with van der Waals surface area (Å²) in [6, 6.07) is 11.3. The van der Waals surface area contributed by atoms with Crippen LogP contribution in [0.2, 0.25) is 0 Å². The fraction of sp³-hybridized carbons (Fsp3) is 0.118. The number of benzene rings is 2. The molecule has 1 aromatic heterocycles. The Kier molecular flexibility index (Phi) is 4.65. The van der Waals surface area contributed by atoms with Crippen molar-refractivity contribution in [1.82, 2.24) is 0 Å². The van der Waals surface area contributed by atoms with Gasteiger partial charge >= 0.3 is 5.97 Å². The largest absolute Gasteiger partial charge is 0.508 e. The first-order chi connectivity index (χ1) is 11.8. The molecule has 0 aliphatic rings. The Bertz CT molecular complexity index is 1040. The van der Waals surface area contributed by atoms with Crippen LogP contribution < -0.4 is 4.72 Å². The van der Waals surface area contributed by atoms with Crippen molar-refractivity contribution in [1.29, 1.82) is 0 Å². The quantitative estimate of drug-likeness (QED) is 0.612. The summed E-state index contributed by atoms with van der Waals surface area (Å²) in [6.45, 7) is 0. The summed E-state index contributed by atoms with van der Waals surface area (Å²) in [6.07, 6.45) is -0.348. The molecule has 0 bridgehead atoms. The van der Waals surface area contributed by atoms with Crippen LogP contribution in [0, 0.1) is 0 Å². The van der Waals surface area contributed by atoms with Crippen molar-refractivity contribution in [3.63, 3.8) is 0 Å². The third-order valence-electron chi connectivity index (χ3n) is 3.57. The number of anilines is 1. The van der Waals surface area contributed by atoms with Gasteiger partial charge in [-0.25, -0.2) is 8.42 Å². The van der Waals surface area contributed by atoms with Gasteiger partial charge in [0, 0.05) is 10.8 Å². The highest BCUT2D eigenvalue weighted by Crippen LogP contribution is 2.26. The van der Waals surface area contributed by atoms with E-state index in [2.05, 4.69) is 4.72 Å². The fourth-order valence-electron chi connectivity index (χ4n) is 2.51. The zero-order valence-corrected chi connectivity index (χ0v) is 14.6. The van der Waals surface area contributed by atoms with Gasteiger partial charge in [-0.05, 0) is 46.2 Å². The maximum absolute atomic E-state index is 12.5. The van der Waals surface area contributed by atoms with Gasteiger partial charge in [0.1, 0.15) is 5.75 Å². The van der Waals surface area contributed by atoms with Crippen molar-refractivity contribution < 1.29 is 23.4 Å². The molecule has 3 N–H and O–H groups in total. The molecule has 1 heterocycles. The zero-order chi connectivity index (χ0) is 18.0. The summed E-state index contributed by atoms with van der Waals surface area (Å²) >= 11 is 1.58. The molecule has 2 aromatic carbocycles. The number of phenolic OH excluding ortho intramolecular Hbond substituents is 1. The summed E-state index contributed by atoms with van der Waals surface area (Å²) in [4.78, 5) is 10.9. The minimum atomic E-state index is -3.77. The third kappa shape index (κ3) is 4.28. The van der Waals surface area contributed by atoms with Crippen LogP contribution >= 0.6 is 11.3 Å². The van der Waals surface area contributed by atoms with E-state index in [0.717, 1.165) is 10.1 Å². The van der Waals surface area contributed by atoms with Crippen LogP contribution in [0.25, 0.3) is 10.1 Å². The molecule has 25 heavy (non-hydrogen) atoms. The molecule has 0 saturated heterocycles. The maximum Gasteiger partial charge on any atom is 0.307 e. The minimum Gasteiger partial charge on any atom is -0.508 e. The van der Waals surface area contributed by atoms with E-state index >= 15 is 0 Å². The molecule has 3 rings (SSSR count). The van der Waals surface area contributed by atoms with Crippen molar-refractivity contribution in [3.8, 4) is 5.75 Å². The SMILES string of the molecule is O=C(O)Cc1ccc(O)cc1NS(=O)(=O)Cc1ccc2sccc2c1. The lowest BCUT2D eigenvalue weighted by Crippen LogP contribution is -2.17. The first kappa shape index (κ1) is 17.2. The molecule has 6 nitrogen and oxygen atoms in total. The molecular weight excluding hydrogens is 362 g/mol. The second-order valence-electron chi connectivity index (χ2n) is 5.57. The van der Waals surface area contributed by atoms with Gasteiger partial charge in [0.2, 0.25) is 10.0 Å². The molecular formula is C17H15NO5S2. The number of nitrogens with one attached hydrogen (secondary N) is 1. The number of thiophene rings is 1. The summed E-state index contributed by atoms with van der Waals surface area (Å²) in [5.41, 5.74) is 0.972. The van der Waals surface area contributed by atoms with Crippen molar-refractivity contribution in [2.24, 2.45) is 0 Å². The summed E-state index contributed by atoms with van der Waals surface area (Å²) in [5, 5.41) is 21.4. The lowest BCUT2D eigenvalue weighted by Gasteiger charge is -2.12. The molecule has 0 spiro atoms. The van der Waals surface area contributed by atoms with E-state index < -0.39 is 16.0 Å². The average molecular weight is 377 g/mol. The number of carboxylic acids is 1. The summed E-state index contributed by atoms with van der Waals surface area (Å²) in [7, 11) is -3.77. The summed E-state index contributed by atoms with van der Waals surface area (Å²) < 4.78 is 28.4. The zero-order valence-electron chi connectivity index (χ0n) is 13.0. The number of carboxylic acid groups (broad SMARTS) is 1. The van der Waals surface area contributed by atoms with Crippen molar-refractivity contribution in [2.45, 2.75) is 12.2 Å². The Morgan fingerprint density at radius 2 is 1.92 bits per heavy atom. The molecule has 3 aromatic rings. The van der Waals surface area contributed by atoms with Gasteiger partial charge in [-0.15, -0.1) is 11.3 Å². The van der Waals surface area contributed by atoms with Gasteiger partial charge in [-0.1, -0.05) is 12.1 Å². The van der Waals surface area contributed by atoms with Crippen LogP contribution in [0.5, 0.6) is 5.75 Å². The molecule has 0 aliphatic carbocycles. The lowest BCUT2D eigenvalue weighted by molar-refractivity contribution is -0.136. The van der Waals surface area contributed by atoms with Crippen molar-refractivity contribution in [2.75, 3.05) is 4.72 Å². The predicted octanol–water partition coefficient (Wildman–Crippen LogP) is 3.18. The number of hydrogen-bond donors (Lipinski definition) is 3. The molecule has 0 aliphatic heterocycles. The monoisotopic (exact) mass is 377 g/mol. The first-order valence-corrected chi connectivity index (χ1v) is 9.86. The molecule has 8 heteroatoms. The standard InChI is InChI=1S/C17H15NO5S2/c19-14-3-2-12(8-17(20)21)15(9-14)18-25(22,23)10-11-1-4-16-13(7-11)5-6-24-16/h1-7,9,18-19H,8,10H2,(H,20,21). The molecule has 0 unspecified atom stereocenters. The first-order valence-electron chi connectivity index (χ1n) is 7.33. The van der Waals surface area contributed by atoms with Gasteiger partial charge in [0.05, 0.1) is 17.9 Å². The Morgan fingerprint density at radius 1 is 1.12 bits per heavy atom. The summed E-state index contributed by atoms with van der Waals surface area (Å²) in [5.74, 6) is -1.48. The lowest BCUT2D eigenvalue weighted by atomic mass is 10.1. The van der Waals surface area contributed by atoms with E-state index in [1.165, 1.54) is 18.2 Å². The minimum absolute atomic E-state index is 0.0685. The van der Waals surface area contributed by atoms with Gasteiger partial charge < -0.3 is 10.2 Å². The number of phenols is 1. The predicted molar refractivity (Wildman–Crippen MR) is 97.5 cm³/mol. The number of sulfonamides is 1. The normalized spacial score (nSPS) is 11.5.